The van der Waals surface area contributed by atoms with Crippen molar-refractivity contribution in [1.82, 2.24) is 0 Å². The molecule has 4 aliphatic rings. The average molecular weight is 441 g/mol. The standard InChI is InChI=1S/C19H24NO3.HI/c1-20(2)9-8-19-12-5-6-14(21)18(19)23-17-15(22-3)7-4-11(16(17)19)10-13(12)20;/h4-7,12-14,18,21H,8-10H2,1-3H3;1H/q+1;/p-1. The van der Waals surface area contributed by atoms with Gasteiger partial charge in [0.1, 0.15) is 18.2 Å². The number of rotatable bonds is 1. The van der Waals surface area contributed by atoms with E-state index in [0.717, 1.165) is 35.4 Å². The number of likely N-dealkylation sites (tertiary alicyclic amines) is 1. The number of aliphatic hydroxyl groups excluding tert-OH is 1. The van der Waals surface area contributed by atoms with Crippen molar-refractivity contribution in [3.05, 3.63) is 35.4 Å². The van der Waals surface area contributed by atoms with Gasteiger partial charge >= 0.3 is 0 Å². The first-order valence-corrected chi connectivity index (χ1v) is 8.55. The van der Waals surface area contributed by atoms with Crippen LogP contribution >= 0.6 is 0 Å². The SMILES string of the molecule is COc1ccc2c3c1OC1C(O)C=CC4C(C2)[N+](C)(C)CCC341.[I-]. The fourth-order valence-electron chi connectivity index (χ4n) is 5.75. The van der Waals surface area contributed by atoms with Crippen molar-refractivity contribution < 1.29 is 43.0 Å². The van der Waals surface area contributed by atoms with E-state index in [1.165, 1.54) is 11.1 Å². The Balaban J connectivity index is 0.00000146. The van der Waals surface area contributed by atoms with Crippen LogP contribution in [0.15, 0.2) is 24.3 Å². The fraction of sp³-hybridized carbons (Fsp3) is 0.579. The van der Waals surface area contributed by atoms with E-state index < -0.39 is 6.10 Å². The van der Waals surface area contributed by atoms with Gasteiger partial charge in [-0.15, -0.1) is 0 Å². The van der Waals surface area contributed by atoms with Crippen LogP contribution in [0.3, 0.4) is 0 Å². The van der Waals surface area contributed by atoms with Crippen LogP contribution in [0, 0.1) is 5.92 Å². The summed E-state index contributed by atoms with van der Waals surface area (Å²) in [5, 5.41) is 10.6. The Hall–Kier alpha value is -0.790. The molecule has 2 bridgehead atoms. The predicted octanol–water partition coefficient (Wildman–Crippen LogP) is -1.35. The van der Waals surface area contributed by atoms with Gasteiger partial charge in [-0.05, 0) is 11.6 Å². The molecule has 1 N–H and O–H groups in total. The highest BCUT2D eigenvalue weighted by molar-refractivity contribution is 5.61. The molecule has 2 aliphatic carbocycles. The first-order valence-electron chi connectivity index (χ1n) is 8.55. The lowest BCUT2D eigenvalue weighted by Crippen LogP contribution is -3.00. The molecule has 0 saturated carbocycles. The van der Waals surface area contributed by atoms with Crippen molar-refractivity contribution in [1.29, 1.82) is 0 Å². The molecule has 1 saturated heterocycles. The summed E-state index contributed by atoms with van der Waals surface area (Å²) in [6.07, 6.45) is 5.64. The Morgan fingerprint density at radius 2 is 2.08 bits per heavy atom. The molecule has 0 aromatic heterocycles. The highest BCUT2D eigenvalue weighted by Gasteiger charge is 2.67. The smallest absolute Gasteiger partial charge is 0.165 e. The third-order valence-electron chi connectivity index (χ3n) is 6.91. The molecule has 5 heteroatoms. The quantitative estimate of drug-likeness (QED) is 0.333. The van der Waals surface area contributed by atoms with E-state index in [1.807, 2.05) is 12.1 Å². The van der Waals surface area contributed by atoms with Crippen LogP contribution in [0.1, 0.15) is 17.5 Å². The van der Waals surface area contributed by atoms with Crippen LogP contribution in [0.2, 0.25) is 0 Å². The minimum atomic E-state index is -0.538. The summed E-state index contributed by atoms with van der Waals surface area (Å²) in [6.45, 7) is 1.12. The number of methoxy groups -OCH3 is 1. The summed E-state index contributed by atoms with van der Waals surface area (Å²) < 4.78 is 12.9. The van der Waals surface area contributed by atoms with Gasteiger partial charge in [-0.1, -0.05) is 18.2 Å². The number of hydrogen-bond donors (Lipinski definition) is 1. The molecule has 5 unspecified atom stereocenters. The number of nitrogens with zero attached hydrogens (tertiary/aromatic N) is 1. The van der Waals surface area contributed by atoms with Crippen molar-refractivity contribution >= 4 is 0 Å². The molecule has 4 nitrogen and oxygen atoms in total. The largest absolute Gasteiger partial charge is 1.00 e. The summed E-state index contributed by atoms with van der Waals surface area (Å²) in [6, 6.07) is 4.79. The molecule has 1 spiro atoms. The lowest BCUT2D eigenvalue weighted by molar-refractivity contribution is -0.926. The van der Waals surface area contributed by atoms with Crippen molar-refractivity contribution in [2.45, 2.75) is 36.5 Å². The Kier molecular flexibility index (Phi) is 3.55. The summed E-state index contributed by atoms with van der Waals surface area (Å²) in [4.78, 5) is 0. The maximum atomic E-state index is 10.6. The molecule has 0 amide bonds. The predicted molar refractivity (Wildman–Crippen MR) is 86.8 cm³/mol. The maximum absolute atomic E-state index is 10.6. The van der Waals surface area contributed by atoms with Crippen LogP contribution in [0.4, 0.5) is 0 Å². The summed E-state index contributed by atoms with van der Waals surface area (Å²) in [5.74, 6) is 2.12. The van der Waals surface area contributed by atoms with E-state index in [4.69, 9.17) is 9.47 Å². The number of halogens is 1. The highest BCUT2D eigenvalue weighted by Crippen LogP contribution is 2.63. The molecule has 2 heterocycles. The molecule has 24 heavy (non-hydrogen) atoms. The van der Waals surface area contributed by atoms with E-state index in [2.05, 4.69) is 26.2 Å². The minimum Gasteiger partial charge on any atom is -1.00 e. The van der Waals surface area contributed by atoms with Gasteiger partial charge < -0.3 is 43.0 Å². The normalized spacial score (nSPS) is 39.5. The second-order valence-corrected chi connectivity index (χ2v) is 8.13. The van der Waals surface area contributed by atoms with Gasteiger partial charge in [0.05, 0.1) is 33.2 Å². The van der Waals surface area contributed by atoms with Gasteiger partial charge in [0, 0.05) is 24.3 Å². The molecule has 5 rings (SSSR count). The maximum Gasteiger partial charge on any atom is 0.165 e. The monoisotopic (exact) mass is 441 g/mol. The van der Waals surface area contributed by atoms with Crippen LogP contribution in [0.5, 0.6) is 11.5 Å². The zero-order valence-electron chi connectivity index (χ0n) is 14.3. The Morgan fingerprint density at radius 1 is 1.29 bits per heavy atom. The number of ether oxygens (including phenoxy) is 2. The number of quaternary nitrogens is 1. The molecule has 130 valence electrons. The second kappa shape index (κ2) is 5.11. The molecular formula is C19H24INO3. The van der Waals surface area contributed by atoms with E-state index in [1.54, 1.807) is 7.11 Å². The van der Waals surface area contributed by atoms with E-state index in [-0.39, 0.29) is 35.5 Å². The number of benzene rings is 1. The van der Waals surface area contributed by atoms with Crippen LogP contribution in [-0.2, 0) is 11.8 Å². The van der Waals surface area contributed by atoms with Gasteiger partial charge in [-0.25, -0.2) is 0 Å². The van der Waals surface area contributed by atoms with Gasteiger partial charge in [0.25, 0.3) is 0 Å². The zero-order chi connectivity index (χ0) is 16.0. The third-order valence-corrected chi connectivity index (χ3v) is 6.91. The molecule has 0 radical (unpaired) electrons. The Bertz CT molecular complexity index is 732. The Morgan fingerprint density at radius 3 is 2.83 bits per heavy atom. The number of hydrogen-bond acceptors (Lipinski definition) is 3. The number of likely N-dealkylation sites (N-methyl/N-ethyl adjacent to an activating group) is 1. The van der Waals surface area contributed by atoms with Crippen LogP contribution < -0.4 is 33.5 Å². The van der Waals surface area contributed by atoms with Gasteiger partial charge in [-0.3, -0.25) is 0 Å². The average Bonchev–Trinajstić information content (AvgIpc) is 2.88. The van der Waals surface area contributed by atoms with E-state index in [0.29, 0.717) is 12.0 Å². The molecule has 2 aliphatic heterocycles. The minimum absolute atomic E-state index is 0. The number of piperidine rings is 1. The molecule has 5 atom stereocenters. The lowest BCUT2D eigenvalue weighted by Gasteiger charge is -2.58. The van der Waals surface area contributed by atoms with Gasteiger partial charge in [-0.2, -0.15) is 0 Å². The third kappa shape index (κ3) is 1.76. The number of aliphatic hydroxyl groups is 1. The molecule has 1 fully saturated rings. The fourth-order valence-corrected chi connectivity index (χ4v) is 5.75. The van der Waals surface area contributed by atoms with Crippen molar-refractivity contribution in [3.8, 4) is 11.5 Å². The molecule has 1 aromatic rings. The van der Waals surface area contributed by atoms with Crippen molar-refractivity contribution in [3.63, 3.8) is 0 Å². The van der Waals surface area contributed by atoms with Crippen LogP contribution in [-0.4, -0.2) is 55.6 Å². The van der Waals surface area contributed by atoms with Crippen LogP contribution in [0.25, 0.3) is 0 Å². The Labute approximate surface area is 160 Å². The van der Waals surface area contributed by atoms with Crippen molar-refractivity contribution in [2.24, 2.45) is 5.92 Å². The van der Waals surface area contributed by atoms with Gasteiger partial charge in [0.15, 0.2) is 11.5 Å². The van der Waals surface area contributed by atoms with Gasteiger partial charge in [0.2, 0.25) is 0 Å². The lowest BCUT2D eigenvalue weighted by atomic mass is 9.53. The molecule has 1 aromatic carbocycles. The highest BCUT2D eigenvalue weighted by atomic mass is 127. The second-order valence-electron chi connectivity index (χ2n) is 8.13. The summed E-state index contributed by atoms with van der Waals surface area (Å²) in [7, 11) is 6.38. The topological polar surface area (TPSA) is 38.7 Å². The molecular weight excluding hydrogens is 417 g/mol. The van der Waals surface area contributed by atoms with Crippen molar-refractivity contribution in [2.75, 3.05) is 27.7 Å². The van der Waals surface area contributed by atoms with E-state index in [9.17, 15) is 5.11 Å². The summed E-state index contributed by atoms with van der Waals surface area (Å²) >= 11 is 0. The first kappa shape index (κ1) is 16.7. The first-order chi connectivity index (χ1) is 11.0. The van der Waals surface area contributed by atoms with E-state index >= 15 is 0 Å². The summed E-state index contributed by atoms with van der Waals surface area (Å²) in [5.41, 5.74) is 2.63. The zero-order valence-corrected chi connectivity index (χ0v) is 16.5.